The molecule has 1 atom stereocenters. The summed E-state index contributed by atoms with van der Waals surface area (Å²) in [6, 6.07) is 14.7. The number of benzene rings is 2. The van der Waals surface area contributed by atoms with Gasteiger partial charge >= 0.3 is 5.97 Å². The van der Waals surface area contributed by atoms with Crippen molar-refractivity contribution in [1.82, 2.24) is 10.2 Å². The predicted molar refractivity (Wildman–Crippen MR) is 92.4 cm³/mol. The molecule has 6 heteroatoms. The van der Waals surface area contributed by atoms with Crippen molar-refractivity contribution in [2.75, 3.05) is 0 Å². The van der Waals surface area contributed by atoms with Crippen molar-refractivity contribution in [3.8, 4) is 11.5 Å². The number of rotatable bonds is 4. The maximum atomic E-state index is 12.2. The summed E-state index contributed by atoms with van der Waals surface area (Å²) in [6.07, 6.45) is -0.636. The highest BCUT2D eigenvalue weighted by Gasteiger charge is 2.20. The first-order valence-corrected chi connectivity index (χ1v) is 8.19. The van der Waals surface area contributed by atoms with Crippen LogP contribution in [-0.4, -0.2) is 16.2 Å². The molecule has 0 amide bonds. The van der Waals surface area contributed by atoms with Crippen molar-refractivity contribution < 1.29 is 13.9 Å². The third-order valence-corrected chi connectivity index (χ3v) is 3.92. The van der Waals surface area contributed by atoms with Crippen LogP contribution in [-0.2, 0) is 4.74 Å². The van der Waals surface area contributed by atoms with Gasteiger partial charge in [-0.3, -0.25) is 0 Å². The molecule has 0 unspecified atom stereocenters. The summed E-state index contributed by atoms with van der Waals surface area (Å²) in [4.78, 5) is 12.2. The molecule has 122 valence electrons. The van der Waals surface area contributed by atoms with Crippen molar-refractivity contribution in [1.29, 1.82) is 0 Å². The van der Waals surface area contributed by atoms with Crippen LogP contribution in [0.25, 0.3) is 11.5 Å². The second kappa shape index (κ2) is 6.97. The summed E-state index contributed by atoms with van der Waals surface area (Å²) < 4.78 is 11.8. The Morgan fingerprint density at radius 1 is 1.17 bits per heavy atom. The lowest BCUT2D eigenvalue weighted by atomic mass is 10.1. The molecule has 0 N–H and O–H groups in total. The highest BCUT2D eigenvalue weighted by atomic mass is 79.9. The molecule has 0 spiro atoms. The number of aromatic nitrogens is 2. The van der Waals surface area contributed by atoms with Crippen LogP contribution in [0.2, 0.25) is 0 Å². The normalized spacial score (nSPS) is 12.0. The van der Waals surface area contributed by atoms with E-state index in [9.17, 15) is 4.79 Å². The van der Waals surface area contributed by atoms with Gasteiger partial charge in [-0.25, -0.2) is 4.79 Å². The molecule has 3 aromatic rings. The number of carbonyl (C=O) groups is 1. The van der Waals surface area contributed by atoms with Gasteiger partial charge in [0, 0.05) is 10.0 Å². The smallest absolute Gasteiger partial charge is 0.338 e. The first kappa shape index (κ1) is 16.4. The Bertz CT molecular complexity index is 859. The van der Waals surface area contributed by atoms with Crippen molar-refractivity contribution in [2.24, 2.45) is 0 Å². The highest BCUT2D eigenvalue weighted by Crippen LogP contribution is 2.23. The quantitative estimate of drug-likeness (QED) is 0.606. The van der Waals surface area contributed by atoms with Crippen LogP contribution in [0.4, 0.5) is 0 Å². The third kappa shape index (κ3) is 3.71. The molecule has 0 aliphatic rings. The van der Waals surface area contributed by atoms with E-state index in [1.165, 1.54) is 0 Å². The summed E-state index contributed by atoms with van der Waals surface area (Å²) >= 11 is 3.33. The summed E-state index contributed by atoms with van der Waals surface area (Å²) in [5.74, 6) is 0.211. The predicted octanol–water partition coefficient (Wildman–Crippen LogP) is 4.73. The molecule has 0 bridgehead atoms. The summed E-state index contributed by atoms with van der Waals surface area (Å²) in [5.41, 5.74) is 2.43. The van der Waals surface area contributed by atoms with Gasteiger partial charge in [-0.2, -0.15) is 0 Å². The Kier molecular flexibility index (Phi) is 4.76. The van der Waals surface area contributed by atoms with Crippen LogP contribution < -0.4 is 0 Å². The van der Waals surface area contributed by atoms with Gasteiger partial charge in [0.05, 0.1) is 5.56 Å². The van der Waals surface area contributed by atoms with E-state index >= 15 is 0 Å². The average Bonchev–Trinajstić information content (AvgIpc) is 3.05. The Hall–Kier alpha value is -2.47. The van der Waals surface area contributed by atoms with Crippen LogP contribution in [0.5, 0.6) is 0 Å². The van der Waals surface area contributed by atoms with Crippen molar-refractivity contribution in [3.63, 3.8) is 0 Å². The molecule has 2 aromatic carbocycles. The Morgan fingerprint density at radius 2 is 1.92 bits per heavy atom. The largest absolute Gasteiger partial charge is 0.449 e. The lowest BCUT2D eigenvalue weighted by Crippen LogP contribution is -2.09. The standard InChI is InChI=1S/C18H15BrN2O3/c1-11-6-8-13(9-7-11)17-21-20-16(24-17)12(2)23-18(22)14-4-3-5-15(19)10-14/h3-10,12H,1-2H3/t12-/m0/s1. The Labute approximate surface area is 147 Å². The van der Waals surface area contributed by atoms with Crippen LogP contribution in [0.3, 0.4) is 0 Å². The first-order chi connectivity index (χ1) is 11.5. The van der Waals surface area contributed by atoms with Crippen molar-refractivity contribution >= 4 is 21.9 Å². The number of hydrogen-bond donors (Lipinski definition) is 0. The second-order valence-corrected chi connectivity index (χ2v) is 6.29. The number of hydrogen-bond acceptors (Lipinski definition) is 5. The van der Waals surface area contributed by atoms with Gasteiger partial charge in [0.25, 0.3) is 5.89 Å². The van der Waals surface area contributed by atoms with Crippen LogP contribution in [0, 0.1) is 6.92 Å². The summed E-state index contributed by atoms with van der Waals surface area (Å²) in [5, 5.41) is 7.99. The molecule has 1 heterocycles. The molecule has 1 aromatic heterocycles. The van der Waals surface area contributed by atoms with Gasteiger partial charge in [-0.15, -0.1) is 10.2 Å². The SMILES string of the molecule is Cc1ccc(-c2nnc([C@H](C)OC(=O)c3cccc(Br)c3)o2)cc1. The van der Waals surface area contributed by atoms with E-state index in [0.717, 1.165) is 15.6 Å². The van der Waals surface area contributed by atoms with Crippen LogP contribution in [0.15, 0.2) is 57.4 Å². The van der Waals surface area contributed by atoms with E-state index < -0.39 is 12.1 Å². The van der Waals surface area contributed by atoms with Gasteiger partial charge in [0.1, 0.15) is 0 Å². The molecular weight excluding hydrogens is 372 g/mol. The van der Waals surface area contributed by atoms with Gasteiger partial charge in [-0.1, -0.05) is 39.7 Å². The van der Waals surface area contributed by atoms with E-state index in [1.54, 1.807) is 25.1 Å². The Balaban J connectivity index is 1.73. The van der Waals surface area contributed by atoms with Crippen molar-refractivity contribution in [3.05, 3.63) is 70.0 Å². The molecule has 0 saturated carbocycles. The lowest BCUT2D eigenvalue weighted by molar-refractivity contribution is 0.0280. The monoisotopic (exact) mass is 386 g/mol. The molecule has 0 fully saturated rings. The van der Waals surface area contributed by atoms with Gasteiger partial charge in [0.15, 0.2) is 6.10 Å². The van der Waals surface area contributed by atoms with E-state index in [4.69, 9.17) is 9.15 Å². The molecule has 5 nitrogen and oxygen atoms in total. The molecular formula is C18H15BrN2O3. The number of esters is 1. The van der Waals surface area contributed by atoms with Crippen LogP contribution in [0.1, 0.15) is 34.8 Å². The third-order valence-electron chi connectivity index (χ3n) is 3.43. The number of ether oxygens (including phenoxy) is 1. The van der Waals surface area contributed by atoms with E-state index in [0.29, 0.717) is 11.5 Å². The number of halogens is 1. The summed E-state index contributed by atoms with van der Waals surface area (Å²) in [6.45, 7) is 3.70. The lowest BCUT2D eigenvalue weighted by Gasteiger charge is -2.09. The maximum Gasteiger partial charge on any atom is 0.338 e. The minimum atomic E-state index is -0.636. The average molecular weight is 387 g/mol. The molecule has 0 saturated heterocycles. The number of aryl methyl sites for hydroxylation is 1. The molecule has 3 rings (SSSR count). The minimum Gasteiger partial charge on any atom is -0.449 e. The van der Waals surface area contributed by atoms with Crippen molar-refractivity contribution in [2.45, 2.75) is 20.0 Å². The van der Waals surface area contributed by atoms with E-state index in [-0.39, 0.29) is 5.89 Å². The topological polar surface area (TPSA) is 65.2 Å². The molecule has 0 aliphatic heterocycles. The van der Waals surface area contributed by atoms with Gasteiger partial charge in [-0.05, 0) is 44.2 Å². The fourth-order valence-corrected chi connectivity index (χ4v) is 2.51. The van der Waals surface area contributed by atoms with E-state index in [1.807, 2.05) is 37.3 Å². The fraction of sp³-hybridized carbons (Fsp3) is 0.167. The second-order valence-electron chi connectivity index (χ2n) is 5.37. The zero-order valence-corrected chi connectivity index (χ0v) is 14.8. The van der Waals surface area contributed by atoms with Gasteiger partial charge in [0.2, 0.25) is 5.89 Å². The molecule has 0 aliphatic carbocycles. The first-order valence-electron chi connectivity index (χ1n) is 7.40. The zero-order chi connectivity index (χ0) is 17.1. The summed E-state index contributed by atoms with van der Waals surface area (Å²) in [7, 11) is 0. The highest BCUT2D eigenvalue weighted by molar-refractivity contribution is 9.10. The molecule has 24 heavy (non-hydrogen) atoms. The fourth-order valence-electron chi connectivity index (χ4n) is 2.11. The minimum absolute atomic E-state index is 0.258. The van der Waals surface area contributed by atoms with Crippen LogP contribution >= 0.6 is 15.9 Å². The van der Waals surface area contributed by atoms with Gasteiger partial charge < -0.3 is 9.15 Å². The molecule has 0 radical (unpaired) electrons. The zero-order valence-electron chi connectivity index (χ0n) is 13.2. The number of nitrogens with zero attached hydrogens (tertiary/aromatic N) is 2. The Morgan fingerprint density at radius 3 is 2.62 bits per heavy atom. The maximum absolute atomic E-state index is 12.2. The number of carbonyl (C=O) groups excluding carboxylic acids is 1. The van der Waals surface area contributed by atoms with E-state index in [2.05, 4.69) is 26.1 Å².